The molecule has 38 heavy (non-hydrogen) atoms. The average Bonchev–Trinajstić information content (AvgIpc) is 3.15. The number of benzene rings is 2. The van der Waals surface area contributed by atoms with Crippen molar-refractivity contribution in [1.82, 2.24) is 20.4 Å². The first-order valence-corrected chi connectivity index (χ1v) is 14.3. The monoisotopic (exact) mass is 540 g/mol. The molecule has 2 N–H and O–H groups in total. The number of rotatable bonds is 7. The first-order chi connectivity index (χ1) is 17.9. The summed E-state index contributed by atoms with van der Waals surface area (Å²) in [4.78, 5) is 43.3. The van der Waals surface area contributed by atoms with Gasteiger partial charge in [-0.15, -0.1) is 0 Å². The Kier molecular flexibility index (Phi) is 7.56. The molecular weight excluding hydrogens is 508 g/mol. The van der Waals surface area contributed by atoms with E-state index in [1.165, 1.54) is 9.80 Å². The number of nitrogens with zero attached hydrogens (tertiary/aromatic N) is 4. The SMILES string of the molecule is CN[C@@H](C)C(=O)N[C@@H]1C(=O)N(Cc2nn(C)c3ccccc23)c2ccccc2N(C(=O)CS(C)(=O)=O)[C@H]1C. The Morgan fingerprint density at radius 3 is 2.37 bits per heavy atom. The highest BCUT2D eigenvalue weighted by atomic mass is 32.2. The smallest absolute Gasteiger partial charge is 0.252 e. The predicted octanol–water partition coefficient (Wildman–Crippen LogP) is 0.979. The van der Waals surface area contributed by atoms with E-state index >= 15 is 0 Å². The number of anilines is 2. The highest BCUT2D eigenvalue weighted by Crippen LogP contribution is 2.37. The molecule has 3 aromatic rings. The van der Waals surface area contributed by atoms with E-state index in [4.69, 9.17) is 0 Å². The van der Waals surface area contributed by atoms with E-state index in [2.05, 4.69) is 15.7 Å². The zero-order valence-corrected chi connectivity index (χ0v) is 22.8. The molecular formula is C26H32N6O5S. The molecule has 4 rings (SSSR count). The minimum atomic E-state index is -3.67. The molecule has 0 radical (unpaired) electrons. The molecule has 202 valence electrons. The number of hydrogen-bond donors (Lipinski definition) is 2. The number of hydrogen-bond acceptors (Lipinski definition) is 7. The van der Waals surface area contributed by atoms with Crippen LogP contribution in [0, 0.1) is 0 Å². The van der Waals surface area contributed by atoms with Gasteiger partial charge in [-0.05, 0) is 39.1 Å². The van der Waals surface area contributed by atoms with Crippen LogP contribution in [0.15, 0.2) is 48.5 Å². The van der Waals surface area contributed by atoms with Crippen molar-refractivity contribution < 1.29 is 22.8 Å². The number of carbonyl (C=O) groups excluding carboxylic acids is 3. The first-order valence-electron chi connectivity index (χ1n) is 12.2. The zero-order valence-electron chi connectivity index (χ0n) is 22.0. The van der Waals surface area contributed by atoms with Crippen LogP contribution in [0.2, 0.25) is 0 Å². The lowest BCUT2D eigenvalue weighted by atomic mass is 10.1. The van der Waals surface area contributed by atoms with Crippen molar-refractivity contribution in [3.8, 4) is 0 Å². The van der Waals surface area contributed by atoms with Crippen LogP contribution < -0.4 is 20.4 Å². The molecule has 3 atom stereocenters. The highest BCUT2D eigenvalue weighted by Gasteiger charge is 2.43. The maximum absolute atomic E-state index is 14.2. The summed E-state index contributed by atoms with van der Waals surface area (Å²) in [6.45, 7) is 3.36. The van der Waals surface area contributed by atoms with Crippen LogP contribution in [0.4, 0.5) is 11.4 Å². The van der Waals surface area contributed by atoms with Crippen LogP contribution in [0.1, 0.15) is 19.5 Å². The van der Waals surface area contributed by atoms with Crippen molar-refractivity contribution in [2.45, 2.75) is 38.5 Å². The van der Waals surface area contributed by atoms with Gasteiger partial charge in [-0.25, -0.2) is 8.42 Å². The van der Waals surface area contributed by atoms with Crippen molar-refractivity contribution in [1.29, 1.82) is 0 Å². The van der Waals surface area contributed by atoms with Crippen molar-refractivity contribution in [2.24, 2.45) is 7.05 Å². The van der Waals surface area contributed by atoms with Crippen LogP contribution in [0.5, 0.6) is 0 Å². The minimum absolute atomic E-state index is 0.0754. The van der Waals surface area contributed by atoms with Crippen LogP contribution in [-0.4, -0.2) is 73.1 Å². The first kappa shape index (κ1) is 27.3. The molecule has 2 aromatic carbocycles. The van der Waals surface area contributed by atoms with Gasteiger partial charge in [0.25, 0.3) is 5.91 Å². The van der Waals surface area contributed by atoms with Gasteiger partial charge < -0.3 is 20.4 Å². The number of carbonyl (C=O) groups is 3. The number of aryl methyl sites for hydroxylation is 1. The van der Waals surface area contributed by atoms with Gasteiger partial charge in [0.05, 0.1) is 41.2 Å². The second kappa shape index (κ2) is 10.5. The van der Waals surface area contributed by atoms with Gasteiger partial charge in [-0.3, -0.25) is 19.1 Å². The summed E-state index contributed by atoms with van der Waals surface area (Å²) >= 11 is 0. The number of para-hydroxylation sites is 3. The molecule has 3 amide bonds. The summed E-state index contributed by atoms with van der Waals surface area (Å²) < 4.78 is 25.9. The van der Waals surface area contributed by atoms with Crippen molar-refractivity contribution >= 4 is 49.8 Å². The maximum atomic E-state index is 14.2. The predicted molar refractivity (Wildman–Crippen MR) is 145 cm³/mol. The fourth-order valence-corrected chi connectivity index (χ4v) is 5.31. The molecule has 1 aromatic heterocycles. The van der Waals surface area contributed by atoms with Gasteiger partial charge in [0.1, 0.15) is 11.8 Å². The molecule has 0 spiro atoms. The molecule has 1 aliphatic rings. The molecule has 0 saturated carbocycles. The van der Waals surface area contributed by atoms with E-state index in [1.54, 1.807) is 49.8 Å². The Balaban J connectivity index is 1.87. The maximum Gasteiger partial charge on any atom is 0.252 e. The van der Waals surface area contributed by atoms with Crippen LogP contribution in [0.25, 0.3) is 10.9 Å². The summed E-state index contributed by atoms with van der Waals surface area (Å²) in [6, 6.07) is 11.8. The molecule has 1 aliphatic heterocycles. The second-order valence-electron chi connectivity index (χ2n) is 9.57. The number of fused-ring (bicyclic) bond motifs is 2. The third-order valence-corrected chi connectivity index (χ3v) is 7.55. The summed E-state index contributed by atoms with van der Waals surface area (Å²) in [5.41, 5.74) is 2.33. The van der Waals surface area contributed by atoms with Crippen LogP contribution >= 0.6 is 0 Å². The molecule has 0 saturated heterocycles. The van der Waals surface area contributed by atoms with Gasteiger partial charge in [0, 0.05) is 18.7 Å². The van der Waals surface area contributed by atoms with Crippen molar-refractivity contribution in [3.63, 3.8) is 0 Å². The molecule has 11 nitrogen and oxygen atoms in total. The number of sulfone groups is 1. The molecule has 0 aliphatic carbocycles. The van der Waals surface area contributed by atoms with Gasteiger partial charge in [-0.2, -0.15) is 5.10 Å². The topological polar surface area (TPSA) is 134 Å². The standard InChI is InChI=1S/C26H32N6O5S/c1-16(27-3)25(34)28-24-17(2)32(23(33)15-38(5,36)37)22-13-9-8-12-21(22)31(26(24)35)14-19-18-10-6-7-11-20(18)30(4)29-19/h6-13,16-17,24,27H,14-15H2,1-5H3,(H,28,34)/t16-,17-,24-/m0/s1. The lowest BCUT2D eigenvalue weighted by Gasteiger charge is -2.32. The van der Waals surface area contributed by atoms with Crippen molar-refractivity contribution in [2.75, 3.05) is 28.9 Å². The Hall–Kier alpha value is -3.77. The lowest BCUT2D eigenvalue weighted by molar-refractivity contribution is -0.129. The fraction of sp³-hybridized carbons (Fsp3) is 0.385. The molecule has 0 bridgehead atoms. The number of aromatic nitrogens is 2. The summed E-state index contributed by atoms with van der Waals surface area (Å²) in [6.07, 6.45) is 0.983. The molecule has 12 heteroatoms. The Labute approximate surface area is 221 Å². The Bertz CT molecular complexity index is 1500. The third kappa shape index (κ3) is 5.27. The van der Waals surface area contributed by atoms with E-state index in [1.807, 2.05) is 31.3 Å². The quantitative estimate of drug-likeness (QED) is 0.456. The Morgan fingerprint density at radius 1 is 1.08 bits per heavy atom. The van der Waals surface area contributed by atoms with E-state index in [9.17, 15) is 22.8 Å². The number of likely N-dealkylation sites (N-methyl/N-ethyl adjacent to an activating group) is 1. The Morgan fingerprint density at radius 2 is 1.71 bits per heavy atom. The summed E-state index contributed by atoms with van der Waals surface area (Å²) in [5.74, 6) is -2.29. The van der Waals surface area contributed by atoms with Gasteiger partial charge in [0.15, 0.2) is 9.84 Å². The molecule has 0 unspecified atom stereocenters. The lowest BCUT2D eigenvalue weighted by Crippen LogP contribution is -2.60. The van der Waals surface area contributed by atoms with Crippen molar-refractivity contribution in [3.05, 3.63) is 54.2 Å². The van der Waals surface area contributed by atoms with Gasteiger partial charge in [0.2, 0.25) is 11.8 Å². The highest BCUT2D eigenvalue weighted by molar-refractivity contribution is 7.91. The van der Waals surface area contributed by atoms with E-state index < -0.39 is 51.4 Å². The number of amides is 3. The zero-order chi connectivity index (χ0) is 27.8. The van der Waals surface area contributed by atoms with Crippen LogP contribution in [0.3, 0.4) is 0 Å². The van der Waals surface area contributed by atoms with Gasteiger partial charge in [-0.1, -0.05) is 30.3 Å². The van der Waals surface area contributed by atoms with E-state index in [0.29, 0.717) is 17.1 Å². The normalized spacial score (nSPS) is 18.7. The summed E-state index contributed by atoms with van der Waals surface area (Å²) in [7, 11) is -0.222. The second-order valence-corrected chi connectivity index (χ2v) is 11.7. The van der Waals surface area contributed by atoms with E-state index in [-0.39, 0.29) is 6.54 Å². The third-order valence-electron chi connectivity index (χ3n) is 6.77. The minimum Gasteiger partial charge on any atom is -0.341 e. The molecule has 0 fully saturated rings. The largest absolute Gasteiger partial charge is 0.341 e. The van der Waals surface area contributed by atoms with Crippen LogP contribution in [-0.2, 0) is 37.8 Å². The van der Waals surface area contributed by atoms with Gasteiger partial charge >= 0.3 is 0 Å². The summed E-state index contributed by atoms with van der Waals surface area (Å²) in [5, 5.41) is 11.1. The molecule has 2 heterocycles. The average molecular weight is 541 g/mol. The fourth-order valence-electron chi connectivity index (χ4n) is 4.72. The van der Waals surface area contributed by atoms with E-state index in [0.717, 1.165) is 17.2 Å². The number of nitrogens with one attached hydrogen (secondary N) is 2.